The number of halogens is 1. The molecule has 31 heavy (non-hydrogen) atoms. The van der Waals surface area contributed by atoms with Crippen LogP contribution in [0.25, 0.3) is 11.2 Å². The Balaban J connectivity index is 1.46. The summed E-state index contributed by atoms with van der Waals surface area (Å²) in [4.78, 5) is 29.2. The van der Waals surface area contributed by atoms with Gasteiger partial charge in [-0.25, -0.2) is 18.9 Å². The smallest absolute Gasteiger partial charge is 0.359 e. The number of aromatic nitrogens is 4. The minimum Gasteiger partial charge on any atom is -0.451 e. The van der Waals surface area contributed by atoms with Gasteiger partial charge in [0, 0.05) is 12.3 Å². The summed E-state index contributed by atoms with van der Waals surface area (Å²) in [6.07, 6.45) is 3.66. The van der Waals surface area contributed by atoms with E-state index < -0.39 is 18.5 Å². The molecule has 0 unspecified atom stereocenters. The van der Waals surface area contributed by atoms with Crippen molar-refractivity contribution in [1.29, 1.82) is 0 Å². The van der Waals surface area contributed by atoms with Crippen LogP contribution in [-0.2, 0) is 9.53 Å². The number of carbonyl (C=O) groups is 2. The number of fused-ring (bicyclic) bond motifs is 1. The van der Waals surface area contributed by atoms with Gasteiger partial charge in [-0.2, -0.15) is 5.10 Å². The summed E-state index contributed by atoms with van der Waals surface area (Å²) < 4.78 is 21.6. The molecule has 3 heterocycles. The summed E-state index contributed by atoms with van der Waals surface area (Å²) in [5.41, 5.74) is 1.98. The Kier molecular flexibility index (Phi) is 5.72. The molecular weight excluding hydrogens is 421 g/mol. The number of benzene rings is 1. The molecule has 1 amide bonds. The maximum Gasteiger partial charge on any atom is 0.359 e. The Bertz CT molecular complexity index is 1270. The fraction of sp³-hybridized carbons (Fsp3) is 0.143. The Hall–Kier alpha value is -3.66. The quantitative estimate of drug-likeness (QED) is 0.365. The number of hydrogen-bond donors (Lipinski definition) is 1. The van der Waals surface area contributed by atoms with E-state index in [4.69, 9.17) is 4.74 Å². The molecule has 0 spiro atoms. The fourth-order valence-corrected chi connectivity index (χ4v) is 3.59. The molecule has 4 aromatic rings. The molecule has 8 nitrogen and oxygen atoms in total. The van der Waals surface area contributed by atoms with Crippen molar-refractivity contribution in [3.05, 3.63) is 71.9 Å². The molecule has 0 aliphatic heterocycles. The number of pyridine rings is 1. The van der Waals surface area contributed by atoms with Crippen molar-refractivity contribution in [2.75, 3.05) is 18.2 Å². The lowest BCUT2D eigenvalue weighted by Gasteiger charge is -2.09. The van der Waals surface area contributed by atoms with E-state index in [-0.39, 0.29) is 11.5 Å². The maximum atomic E-state index is 13.2. The van der Waals surface area contributed by atoms with E-state index in [2.05, 4.69) is 15.4 Å². The molecule has 0 fully saturated rings. The maximum absolute atomic E-state index is 13.2. The van der Waals surface area contributed by atoms with Crippen LogP contribution in [0, 0.1) is 12.7 Å². The zero-order chi connectivity index (χ0) is 22.0. The summed E-state index contributed by atoms with van der Waals surface area (Å²) in [6, 6.07) is 12.8. The monoisotopic (exact) mass is 439 g/mol. The van der Waals surface area contributed by atoms with Crippen molar-refractivity contribution in [2.24, 2.45) is 0 Å². The standard InChI is InChI=1S/C21H18FN5O3S/c1-13-11-17(27(25-13)15-8-6-14(22)7-9-15)23-18(28)12-30-20(29)19-16-5-3-4-10-26(16)21(24-19)31-2/h3-11H,12H2,1-2H3,(H,23,28). The molecule has 0 aliphatic rings. The topological polar surface area (TPSA) is 90.5 Å². The number of anilines is 1. The van der Waals surface area contributed by atoms with E-state index in [1.807, 2.05) is 12.3 Å². The third kappa shape index (κ3) is 4.29. The van der Waals surface area contributed by atoms with Gasteiger partial charge in [-0.05, 0) is 49.6 Å². The second-order valence-corrected chi connectivity index (χ2v) is 7.36. The lowest BCUT2D eigenvalue weighted by molar-refractivity contribution is -0.119. The molecular formula is C21H18FN5O3S. The Morgan fingerprint density at radius 2 is 1.97 bits per heavy atom. The first-order valence-electron chi connectivity index (χ1n) is 9.27. The van der Waals surface area contributed by atoms with Crippen LogP contribution in [0.1, 0.15) is 16.2 Å². The number of amides is 1. The first-order valence-corrected chi connectivity index (χ1v) is 10.5. The fourth-order valence-electron chi connectivity index (χ4n) is 3.05. The SMILES string of the molecule is CSc1nc(C(=O)OCC(=O)Nc2cc(C)nn2-c2ccc(F)cc2)c2ccccn12. The number of imidazole rings is 1. The van der Waals surface area contributed by atoms with Gasteiger partial charge in [0.1, 0.15) is 11.6 Å². The van der Waals surface area contributed by atoms with E-state index in [9.17, 15) is 14.0 Å². The van der Waals surface area contributed by atoms with Crippen LogP contribution < -0.4 is 5.32 Å². The Labute approximate surface area is 181 Å². The average molecular weight is 439 g/mol. The first kappa shape index (κ1) is 20.6. The Morgan fingerprint density at radius 1 is 1.19 bits per heavy atom. The molecule has 3 aromatic heterocycles. The summed E-state index contributed by atoms with van der Waals surface area (Å²) in [5.74, 6) is -1.23. The molecule has 0 radical (unpaired) electrons. The van der Waals surface area contributed by atoms with Crippen molar-refractivity contribution < 1.29 is 18.7 Å². The summed E-state index contributed by atoms with van der Waals surface area (Å²) in [6.45, 7) is 1.27. The third-order valence-electron chi connectivity index (χ3n) is 4.40. The van der Waals surface area contributed by atoms with Gasteiger partial charge in [-0.1, -0.05) is 17.8 Å². The predicted octanol–water partition coefficient (Wildman–Crippen LogP) is 3.48. The van der Waals surface area contributed by atoms with Gasteiger partial charge < -0.3 is 10.1 Å². The highest BCUT2D eigenvalue weighted by atomic mass is 32.2. The van der Waals surface area contributed by atoms with Gasteiger partial charge in [0.2, 0.25) is 0 Å². The van der Waals surface area contributed by atoms with Crippen LogP contribution >= 0.6 is 11.8 Å². The molecule has 0 atom stereocenters. The number of carbonyl (C=O) groups excluding carboxylic acids is 2. The van der Waals surface area contributed by atoms with Gasteiger partial charge in [0.05, 0.1) is 16.9 Å². The van der Waals surface area contributed by atoms with Crippen molar-refractivity contribution >= 4 is 35.0 Å². The van der Waals surface area contributed by atoms with E-state index in [0.29, 0.717) is 27.9 Å². The highest BCUT2D eigenvalue weighted by molar-refractivity contribution is 7.98. The largest absolute Gasteiger partial charge is 0.451 e. The minimum atomic E-state index is -0.692. The number of nitrogens with one attached hydrogen (secondary N) is 1. The van der Waals surface area contributed by atoms with E-state index in [1.165, 1.54) is 28.6 Å². The normalized spacial score (nSPS) is 10.9. The second kappa shape index (κ2) is 8.60. The lowest BCUT2D eigenvalue weighted by atomic mass is 10.3. The van der Waals surface area contributed by atoms with Gasteiger partial charge in [0.15, 0.2) is 17.5 Å². The molecule has 4 rings (SSSR count). The molecule has 158 valence electrons. The highest BCUT2D eigenvalue weighted by Gasteiger charge is 2.20. The van der Waals surface area contributed by atoms with Crippen molar-refractivity contribution in [3.8, 4) is 5.69 Å². The number of aryl methyl sites for hydroxylation is 1. The van der Waals surface area contributed by atoms with Gasteiger partial charge in [-0.3, -0.25) is 9.20 Å². The lowest BCUT2D eigenvalue weighted by Crippen LogP contribution is -2.22. The van der Waals surface area contributed by atoms with E-state index >= 15 is 0 Å². The van der Waals surface area contributed by atoms with Crippen LogP contribution in [0.5, 0.6) is 0 Å². The van der Waals surface area contributed by atoms with Gasteiger partial charge in [0.25, 0.3) is 5.91 Å². The van der Waals surface area contributed by atoms with Gasteiger partial charge >= 0.3 is 5.97 Å². The van der Waals surface area contributed by atoms with Crippen LogP contribution in [0.4, 0.5) is 10.2 Å². The number of rotatable bonds is 6. The number of nitrogens with zero attached hydrogens (tertiary/aromatic N) is 4. The number of ether oxygens (including phenoxy) is 1. The van der Waals surface area contributed by atoms with Gasteiger partial charge in [-0.15, -0.1) is 0 Å². The first-order chi connectivity index (χ1) is 15.0. The molecule has 0 bridgehead atoms. The molecule has 0 aliphatic carbocycles. The summed E-state index contributed by atoms with van der Waals surface area (Å²) in [7, 11) is 0. The molecule has 1 aromatic carbocycles. The number of esters is 1. The van der Waals surface area contributed by atoms with Crippen LogP contribution in [-0.4, -0.2) is 43.9 Å². The van der Waals surface area contributed by atoms with E-state index in [0.717, 1.165) is 0 Å². The molecule has 0 saturated heterocycles. The molecule has 1 N–H and O–H groups in total. The van der Waals surface area contributed by atoms with Crippen molar-refractivity contribution in [2.45, 2.75) is 12.1 Å². The second-order valence-electron chi connectivity index (χ2n) is 6.59. The summed E-state index contributed by atoms with van der Waals surface area (Å²) >= 11 is 1.40. The predicted molar refractivity (Wildman–Crippen MR) is 114 cm³/mol. The Morgan fingerprint density at radius 3 is 2.71 bits per heavy atom. The average Bonchev–Trinajstić information content (AvgIpc) is 3.33. The summed E-state index contributed by atoms with van der Waals surface area (Å²) in [5, 5.41) is 7.62. The zero-order valence-corrected chi connectivity index (χ0v) is 17.5. The van der Waals surface area contributed by atoms with Crippen LogP contribution in [0.15, 0.2) is 59.9 Å². The van der Waals surface area contributed by atoms with Crippen molar-refractivity contribution in [3.63, 3.8) is 0 Å². The van der Waals surface area contributed by atoms with E-state index in [1.54, 1.807) is 47.9 Å². The molecule has 10 heteroatoms. The van der Waals surface area contributed by atoms with Crippen molar-refractivity contribution in [1.82, 2.24) is 19.2 Å². The highest BCUT2D eigenvalue weighted by Crippen LogP contribution is 2.21. The number of thioether (sulfide) groups is 1. The third-order valence-corrected chi connectivity index (χ3v) is 5.05. The number of hydrogen-bond acceptors (Lipinski definition) is 6. The zero-order valence-electron chi connectivity index (χ0n) is 16.7. The van der Waals surface area contributed by atoms with Crippen LogP contribution in [0.2, 0.25) is 0 Å². The molecule has 0 saturated carbocycles. The van der Waals surface area contributed by atoms with Crippen LogP contribution in [0.3, 0.4) is 0 Å². The minimum absolute atomic E-state index is 0.143.